The van der Waals surface area contributed by atoms with E-state index in [1.165, 1.54) is 19.3 Å². The van der Waals surface area contributed by atoms with Crippen molar-refractivity contribution in [2.75, 3.05) is 0 Å². The molecule has 1 aromatic heterocycles. The first-order chi connectivity index (χ1) is 6.82. The van der Waals surface area contributed by atoms with Crippen LogP contribution in [0.5, 0.6) is 0 Å². The Kier molecular flexibility index (Phi) is 3.61. The summed E-state index contributed by atoms with van der Waals surface area (Å²) in [4.78, 5) is 7.40. The highest BCUT2D eigenvalue weighted by molar-refractivity contribution is 7.89. The number of primary sulfonamides is 1. The van der Waals surface area contributed by atoms with Crippen LogP contribution in [0.15, 0.2) is 12.4 Å². The highest BCUT2D eigenvalue weighted by atomic mass is 35.5. The first-order valence-electron chi connectivity index (χ1n) is 3.99. The molecule has 0 aliphatic carbocycles. The average Bonchev–Trinajstić information content (AvgIpc) is 2.15. The fourth-order valence-electron chi connectivity index (χ4n) is 0.865. The van der Waals surface area contributed by atoms with Gasteiger partial charge in [0.05, 0.1) is 5.02 Å². The van der Waals surface area contributed by atoms with Crippen LogP contribution in [0.4, 0.5) is 0 Å². The molecule has 0 saturated carbocycles. The fourth-order valence-corrected chi connectivity index (χ4v) is 1.44. The number of aliphatic hydroxyl groups excluding tert-OH is 1. The van der Waals surface area contributed by atoms with E-state index in [0.717, 1.165) is 0 Å². The fraction of sp³-hybridized carbons (Fsp3) is 0.429. The normalized spacial score (nSPS) is 16.0. The second-order valence-corrected chi connectivity index (χ2v) is 5.36. The summed E-state index contributed by atoms with van der Waals surface area (Å²) in [6, 6.07) is 0. The second-order valence-electron chi connectivity index (χ2n) is 3.00. The zero-order chi connectivity index (χ0) is 11.6. The number of nitrogens with two attached hydrogens (primary N) is 1. The maximum atomic E-state index is 10.9. The maximum absolute atomic E-state index is 10.9. The molecule has 8 heteroatoms. The molecule has 2 atom stereocenters. The van der Waals surface area contributed by atoms with Crippen LogP contribution in [0.25, 0.3) is 0 Å². The number of hydrogen-bond donors (Lipinski definition) is 2. The van der Waals surface area contributed by atoms with Gasteiger partial charge in [0.1, 0.15) is 11.4 Å². The summed E-state index contributed by atoms with van der Waals surface area (Å²) in [5.41, 5.74) is 0. The van der Waals surface area contributed by atoms with Crippen LogP contribution in [-0.4, -0.2) is 28.7 Å². The van der Waals surface area contributed by atoms with Crippen LogP contribution in [0.1, 0.15) is 18.9 Å². The standard InChI is InChI=1S/C7H10ClN3O3S/c1-4(15(9,13)14)6(12)7-10-2-5(8)3-11-7/h2-4,6,12H,1H3,(H2,9,13,14)/t4-,6-/m1/s1. The van der Waals surface area contributed by atoms with E-state index in [2.05, 4.69) is 9.97 Å². The van der Waals surface area contributed by atoms with Crippen LogP contribution in [0, 0.1) is 0 Å². The number of rotatable bonds is 3. The molecule has 0 fully saturated rings. The van der Waals surface area contributed by atoms with E-state index >= 15 is 0 Å². The summed E-state index contributed by atoms with van der Waals surface area (Å²) in [7, 11) is -3.82. The highest BCUT2D eigenvalue weighted by Crippen LogP contribution is 2.17. The molecule has 0 aliphatic rings. The number of halogens is 1. The highest BCUT2D eigenvalue weighted by Gasteiger charge is 2.27. The van der Waals surface area contributed by atoms with Gasteiger partial charge in [0.25, 0.3) is 0 Å². The van der Waals surface area contributed by atoms with Crippen molar-refractivity contribution in [3.8, 4) is 0 Å². The molecule has 0 aliphatic heterocycles. The molecule has 1 aromatic rings. The SMILES string of the molecule is C[C@H]([C@@H](O)c1ncc(Cl)cn1)S(N)(=O)=O. The summed E-state index contributed by atoms with van der Waals surface area (Å²) in [6.07, 6.45) is 1.17. The zero-order valence-electron chi connectivity index (χ0n) is 7.83. The van der Waals surface area contributed by atoms with Gasteiger partial charge in [-0.25, -0.2) is 23.5 Å². The third-order valence-electron chi connectivity index (χ3n) is 1.87. The van der Waals surface area contributed by atoms with E-state index in [1.54, 1.807) is 0 Å². The van der Waals surface area contributed by atoms with E-state index in [-0.39, 0.29) is 5.82 Å². The molecular formula is C7H10ClN3O3S. The zero-order valence-corrected chi connectivity index (χ0v) is 9.40. The van der Waals surface area contributed by atoms with Crippen molar-refractivity contribution in [2.45, 2.75) is 18.3 Å². The largest absolute Gasteiger partial charge is 0.384 e. The van der Waals surface area contributed by atoms with Gasteiger partial charge in [-0.1, -0.05) is 11.6 Å². The third-order valence-corrected chi connectivity index (χ3v) is 3.36. The van der Waals surface area contributed by atoms with Gasteiger partial charge in [-0.3, -0.25) is 0 Å². The molecule has 0 radical (unpaired) electrons. The van der Waals surface area contributed by atoms with Crippen LogP contribution in [-0.2, 0) is 10.0 Å². The maximum Gasteiger partial charge on any atom is 0.214 e. The number of aromatic nitrogens is 2. The molecule has 0 bridgehead atoms. The number of nitrogens with zero attached hydrogens (tertiary/aromatic N) is 2. The smallest absolute Gasteiger partial charge is 0.214 e. The molecule has 1 rings (SSSR count). The Morgan fingerprint density at radius 1 is 1.47 bits per heavy atom. The molecule has 1 heterocycles. The Morgan fingerprint density at radius 2 is 1.93 bits per heavy atom. The summed E-state index contributed by atoms with van der Waals surface area (Å²) in [6.45, 7) is 1.28. The van der Waals surface area contributed by atoms with E-state index in [9.17, 15) is 13.5 Å². The third kappa shape index (κ3) is 3.10. The first-order valence-corrected chi connectivity index (χ1v) is 5.98. The van der Waals surface area contributed by atoms with Crippen molar-refractivity contribution in [3.63, 3.8) is 0 Å². The molecule has 84 valence electrons. The minimum atomic E-state index is -3.82. The van der Waals surface area contributed by atoms with Crippen LogP contribution >= 0.6 is 11.6 Å². The van der Waals surface area contributed by atoms with E-state index in [4.69, 9.17) is 16.7 Å². The Bertz CT molecular complexity index is 433. The first kappa shape index (κ1) is 12.3. The second kappa shape index (κ2) is 4.40. The lowest BCUT2D eigenvalue weighted by molar-refractivity contribution is 0.166. The number of sulfonamides is 1. The van der Waals surface area contributed by atoms with Gasteiger partial charge in [0.2, 0.25) is 10.0 Å². The quantitative estimate of drug-likeness (QED) is 0.776. The van der Waals surface area contributed by atoms with Crippen molar-refractivity contribution in [2.24, 2.45) is 5.14 Å². The summed E-state index contributed by atoms with van der Waals surface area (Å²) >= 11 is 5.54. The monoisotopic (exact) mass is 251 g/mol. The Hall–Kier alpha value is -0.760. The Labute approximate surface area is 92.2 Å². The summed E-state index contributed by atoms with van der Waals surface area (Å²) < 4.78 is 21.9. The minimum Gasteiger partial charge on any atom is -0.384 e. The van der Waals surface area contributed by atoms with Crippen molar-refractivity contribution in [1.82, 2.24) is 9.97 Å². The number of aliphatic hydroxyl groups is 1. The van der Waals surface area contributed by atoms with Gasteiger partial charge in [0.15, 0.2) is 5.82 Å². The van der Waals surface area contributed by atoms with Gasteiger partial charge in [-0.05, 0) is 6.92 Å². The molecule has 15 heavy (non-hydrogen) atoms. The minimum absolute atomic E-state index is 0.0269. The van der Waals surface area contributed by atoms with Gasteiger partial charge in [-0.15, -0.1) is 0 Å². The summed E-state index contributed by atoms with van der Waals surface area (Å²) in [5, 5.41) is 13.6. The molecule has 6 nitrogen and oxygen atoms in total. The summed E-state index contributed by atoms with van der Waals surface area (Å²) in [5.74, 6) is -0.0269. The topological polar surface area (TPSA) is 106 Å². The van der Waals surface area contributed by atoms with Crippen molar-refractivity contribution in [3.05, 3.63) is 23.2 Å². The van der Waals surface area contributed by atoms with Crippen LogP contribution < -0.4 is 5.14 Å². The van der Waals surface area contributed by atoms with Gasteiger partial charge >= 0.3 is 0 Å². The van der Waals surface area contributed by atoms with E-state index in [1.807, 2.05) is 0 Å². The lowest BCUT2D eigenvalue weighted by atomic mass is 10.2. The molecule has 3 N–H and O–H groups in total. The average molecular weight is 252 g/mol. The van der Waals surface area contributed by atoms with Gasteiger partial charge in [0, 0.05) is 12.4 Å². The van der Waals surface area contributed by atoms with Gasteiger partial charge in [-0.2, -0.15) is 0 Å². The molecular weight excluding hydrogens is 242 g/mol. The van der Waals surface area contributed by atoms with Crippen LogP contribution in [0.3, 0.4) is 0 Å². The molecule has 0 unspecified atom stereocenters. The van der Waals surface area contributed by atoms with E-state index < -0.39 is 21.4 Å². The lowest BCUT2D eigenvalue weighted by Crippen LogP contribution is -2.32. The molecule has 0 aromatic carbocycles. The predicted molar refractivity (Wildman–Crippen MR) is 54.6 cm³/mol. The molecule has 0 amide bonds. The molecule has 0 saturated heterocycles. The van der Waals surface area contributed by atoms with Crippen molar-refractivity contribution >= 4 is 21.6 Å². The molecule has 0 spiro atoms. The van der Waals surface area contributed by atoms with Crippen molar-refractivity contribution in [1.29, 1.82) is 0 Å². The van der Waals surface area contributed by atoms with Gasteiger partial charge < -0.3 is 5.11 Å². The van der Waals surface area contributed by atoms with Crippen molar-refractivity contribution < 1.29 is 13.5 Å². The Balaban J connectivity index is 2.95. The Morgan fingerprint density at radius 3 is 2.33 bits per heavy atom. The number of hydrogen-bond acceptors (Lipinski definition) is 5. The van der Waals surface area contributed by atoms with E-state index in [0.29, 0.717) is 5.02 Å². The lowest BCUT2D eigenvalue weighted by Gasteiger charge is -2.14. The predicted octanol–water partition coefficient (Wildman–Crippen LogP) is -0.160. The van der Waals surface area contributed by atoms with Crippen LogP contribution in [0.2, 0.25) is 5.02 Å².